The molecule has 1 aliphatic rings. The van der Waals surface area contributed by atoms with Gasteiger partial charge in [-0.1, -0.05) is 25.0 Å². The molecule has 19 heavy (non-hydrogen) atoms. The van der Waals surface area contributed by atoms with Gasteiger partial charge in [0, 0.05) is 0 Å². The highest BCUT2D eigenvalue weighted by atomic mass is 32.2. The maximum absolute atomic E-state index is 12.4. The molecule has 0 fully saturated rings. The van der Waals surface area contributed by atoms with Crippen molar-refractivity contribution < 1.29 is 8.42 Å². The van der Waals surface area contributed by atoms with Gasteiger partial charge in [-0.05, 0) is 59.8 Å². The lowest BCUT2D eigenvalue weighted by Gasteiger charge is -2.38. The summed E-state index contributed by atoms with van der Waals surface area (Å²) >= 11 is 0. The minimum atomic E-state index is -3.30. The van der Waals surface area contributed by atoms with Crippen molar-refractivity contribution in [3.8, 4) is 0 Å². The number of hydrogen-bond donors (Lipinski definition) is 1. The van der Waals surface area contributed by atoms with E-state index in [0.717, 1.165) is 38.5 Å². The molecule has 1 rings (SSSR count). The van der Waals surface area contributed by atoms with Crippen LogP contribution in [0.25, 0.3) is 0 Å². The van der Waals surface area contributed by atoms with Gasteiger partial charge in [0.15, 0.2) is 0 Å². The van der Waals surface area contributed by atoms with Crippen molar-refractivity contribution in [2.45, 2.75) is 83.4 Å². The van der Waals surface area contributed by atoms with Gasteiger partial charge in [-0.15, -0.1) is 0 Å². The van der Waals surface area contributed by atoms with Gasteiger partial charge in [0.25, 0.3) is 0 Å². The predicted molar refractivity (Wildman–Crippen MR) is 81.7 cm³/mol. The molecule has 1 atom stereocenters. The van der Waals surface area contributed by atoms with Crippen LogP contribution in [0.1, 0.15) is 73.1 Å². The zero-order chi connectivity index (χ0) is 14.7. The molecular formula is C15H29NO2S. The van der Waals surface area contributed by atoms with Crippen molar-refractivity contribution in [3.05, 3.63) is 11.6 Å². The molecule has 1 N–H and O–H groups in total. The third kappa shape index (κ3) is 4.06. The van der Waals surface area contributed by atoms with E-state index in [9.17, 15) is 8.42 Å². The fourth-order valence-electron chi connectivity index (χ4n) is 2.43. The molecule has 0 saturated carbocycles. The first-order valence-electron chi connectivity index (χ1n) is 7.35. The second-order valence-corrected chi connectivity index (χ2v) is 9.21. The van der Waals surface area contributed by atoms with E-state index in [1.165, 1.54) is 5.57 Å². The number of sulfonamides is 1. The highest BCUT2D eigenvalue weighted by Crippen LogP contribution is 2.34. The van der Waals surface area contributed by atoms with E-state index in [1.807, 2.05) is 6.92 Å². The van der Waals surface area contributed by atoms with Crippen molar-refractivity contribution in [1.29, 1.82) is 0 Å². The van der Waals surface area contributed by atoms with Gasteiger partial charge >= 0.3 is 0 Å². The van der Waals surface area contributed by atoms with Crippen LogP contribution in [0.2, 0.25) is 0 Å². The van der Waals surface area contributed by atoms with Crippen LogP contribution in [0.4, 0.5) is 0 Å². The normalized spacial score (nSPS) is 25.2. The first-order chi connectivity index (χ1) is 8.62. The van der Waals surface area contributed by atoms with Gasteiger partial charge in [0.2, 0.25) is 10.0 Å². The molecule has 0 saturated heterocycles. The van der Waals surface area contributed by atoms with Crippen molar-refractivity contribution in [1.82, 2.24) is 4.72 Å². The minimum Gasteiger partial charge on any atom is -0.212 e. The maximum Gasteiger partial charge on any atom is 0.217 e. The SMILES string of the molecule is CCCCC1=CCCCC1(C)NS(=O)(=O)C(C)(C)C. The standard InChI is InChI=1S/C15H29NO2S/c1-6-7-10-13-11-8-9-12-15(13,5)16-19(17,18)14(2,3)4/h11,16H,6-10,12H2,1-5H3. The molecule has 1 unspecified atom stereocenters. The summed E-state index contributed by atoms with van der Waals surface area (Å²) in [5.74, 6) is 0. The quantitative estimate of drug-likeness (QED) is 0.782. The predicted octanol–water partition coefficient (Wildman–Crippen LogP) is 3.76. The zero-order valence-electron chi connectivity index (χ0n) is 13.0. The monoisotopic (exact) mass is 287 g/mol. The molecule has 0 aromatic carbocycles. The molecule has 0 bridgehead atoms. The van der Waals surface area contributed by atoms with Crippen LogP contribution in [0.3, 0.4) is 0 Å². The van der Waals surface area contributed by atoms with Crippen molar-refractivity contribution in [2.24, 2.45) is 0 Å². The van der Waals surface area contributed by atoms with Gasteiger partial charge in [-0.25, -0.2) is 13.1 Å². The maximum atomic E-state index is 12.4. The second kappa shape index (κ2) is 5.96. The Kier molecular flexibility index (Phi) is 5.24. The van der Waals surface area contributed by atoms with Gasteiger partial charge in [0.1, 0.15) is 0 Å². The number of rotatable bonds is 5. The zero-order valence-corrected chi connectivity index (χ0v) is 13.9. The Morgan fingerprint density at radius 3 is 2.53 bits per heavy atom. The number of allylic oxidation sites excluding steroid dienone is 1. The minimum absolute atomic E-state index is 0.389. The molecule has 0 amide bonds. The van der Waals surface area contributed by atoms with E-state index in [0.29, 0.717) is 0 Å². The Bertz CT molecular complexity index is 432. The third-order valence-corrected chi connectivity index (χ3v) is 6.28. The van der Waals surface area contributed by atoms with E-state index in [1.54, 1.807) is 20.8 Å². The average molecular weight is 287 g/mol. The van der Waals surface area contributed by atoms with E-state index in [2.05, 4.69) is 17.7 Å². The van der Waals surface area contributed by atoms with E-state index < -0.39 is 14.8 Å². The first-order valence-corrected chi connectivity index (χ1v) is 8.84. The highest BCUT2D eigenvalue weighted by Gasteiger charge is 2.39. The summed E-state index contributed by atoms with van der Waals surface area (Å²) < 4.78 is 27.0. The van der Waals surface area contributed by atoms with E-state index in [4.69, 9.17) is 0 Å². The van der Waals surface area contributed by atoms with Crippen LogP contribution in [0, 0.1) is 0 Å². The Morgan fingerprint density at radius 1 is 1.37 bits per heavy atom. The average Bonchev–Trinajstić information content (AvgIpc) is 2.25. The summed E-state index contributed by atoms with van der Waals surface area (Å²) in [5, 5.41) is 0. The van der Waals surface area contributed by atoms with Crippen molar-refractivity contribution >= 4 is 10.0 Å². The number of nitrogens with one attached hydrogen (secondary N) is 1. The Balaban J connectivity index is 2.95. The smallest absolute Gasteiger partial charge is 0.212 e. The van der Waals surface area contributed by atoms with Crippen LogP contribution in [-0.4, -0.2) is 18.7 Å². The topological polar surface area (TPSA) is 46.2 Å². The molecule has 0 aromatic heterocycles. The van der Waals surface area contributed by atoms with Crippen LogP contribution in [0.5, 0.6) is 0 Å². The Hall–Kier alpha value is -0.350. The molecule has 0 aromatic rings. The summed E-state index contributed by atoms with van der Waals surface area (Å²) in [6, 6.07) is 0. The molecule has 4 heteroatoms. The van der Waals surface area contributed by atoms with Crippen molar-refractivity contribution in [3.63, 3.8) is 0 Å². The largest absolute Gasteiger partial charge is 0.217 e. The number of hydrogen-bond acceptors (Lipinski definition) is 2. The lowest BCUT2D eigenvalue weighted by Crippen LogP contribution is -2.53. The van der Waals surface area contributed by atoms with Crippen LogP contribution in [-0.2, 0) is 10.0 Å². The number of unbranched alkanes of at least 4 members (excludes halogenated alkanes) is 1. The van der Waals surface area contributed by atoms with Crippen LogP contribution >= 0.6 is 0 Å². The van der Waals surface area contributed by atoms with Crippen LogP contribution < -0.4 is 4.72 Å². The van der Waals surface area contributed by atoms with Gasteiger partial charge in [-0.2, -0.15) is 0 Å². The lowest BCUT2D eigenvalue weighted by atomic mass is 9.80. The van der Waals surface area contributed by atoms with Crippen LogP contribution in [0.15, 0.2) is 11.6 Å². The molecule has 0 heterocycles. The second-order valence-electron chi connectivity index (χ2n) is 6.78. The molecule has 1 aliphatic carbocycles. The molecule has 112 valence electrons. The highest BCUT2D eigenvalue weighted by molar-refractivity contribution is 7.90. The summed E-state index contributed by atoms with van der Waals surface area (Å²) in [6.07, 6.45) is 8.53. The molecule has 0 radical (unpaired) electrons. The molecular weight excluding hydrogens is 258 g/mol. The van der Waals surface area contributed by atoms with Gasteiger partial charge in [-0.3, -0.25) is 0 Å². The van der Waals surface area contributed by atoms with Gasteiger partial charge < -0.3 is 0 Å². The molecule has 3 nitrogen and oxygen atoms in total. The summed E-state index contributed by atoms with van der Waals surface area (Å²) in [7, 11) is -3.30. The lowest BCUT2D eigenvalue weighted by molar-refractivity contribution is 0.395. The summed E-state index contributed by atoms with van der Waals surface area (Å²) in [4.78, 5) is 0. The fourth-order valence-corrected chi connectivity index (χ4v) is 3.56. The fraction of sp³-hybridized carbons (Fsp3) is 0.867. The summed E-state index contributed by atoms with van der Waals surface area (Å²) in [5.41, 5.74) is 0.882. The van der Waals surface area contributed by atoms with E-state index in [-0.39, 0.29) is 5.54 Å². The Labute approximate surface area is 118 Å². The van der Waals surface area contributed by atoms with Gasteiger partial charge in [0.05, 0.1) is 10.3 Å². The molecule has 0 aliphatic heterocycles. The third-order valence-electron chi connectivity index (χ3n) is 3.95. The molecule has 0 spiro atoms. The summed E-state index contributed by atoms with van der Waals surface area (Å²) in [6.45, 7) is 9.45. The first kappa shape index (κ1) is 16.7. The van der Waals surface area contributed by atoms with E-state index >= 15 is 0 Å². The van der Waals surface area contributed by atoms with Crippen molar-refractivity contribution in [2.75, 3.05) is 0 Å². The Morgan fingerprint density at radius 2 is 2.00 bits per heavy atom.